The number of hydrogen-bond acceptors (Lipinski definition) is 2. The molecule has 0 radical (unpaired) electrons. The van der Waals surface area contributed by atoms with E-state index in [1.165, 1.54) is 0 Å². The standard InChI is InChI=1S/C10H11NS/c1-7-4-8(2)10(11-6-12)9(3)5-7/h10H,1-5H2. The molecule has 0 aromatic heterocycles. The summed E-state index contributed by atoms with van der Waals surface area (Å²) in [6.45, 7) is 11.7. The third-order valence-electron chi connectivity index (χ3n) is 1.91. The Kier molecular flexibility index (Phi) is 2.74. The van der Waals surface area contributed by atoms with Crippen molar-refractivity contribution < 1.29 is 0 Å². The Hall–Kier alpha value is -0.980. The number of hydrogen-bond donors (Lipinski definition) is 0. The van der Waals surface area contributed by atoms with Crippen molar-refractivity contribution in [2.24, 2.45) is 4.99 Å². The summed E-state index contributed by atoms with van der Waals surface area (Å²) in [5.74, 6) is 0. The van der Waals surface area contributed by atoms with Crippen molar-refractivity contribution in [3.63, 3.8) is 0 Å². The van der Waals surface area contributed by atoms with Crippen LogP contribution in [0, 0.1) is 0 Å². The van der Waals surface area contributed by atoms with Crippen LogP contribution in [0.25, 0.3) is 0 Å². The summed E-state index contributed by atoms with van der Waals surface area (Å²) >= 11 is 4.55. The van der Waals surface area contributed by atoms with Crippen molar-refractivity contribution >= 4 is 17.4 Å². The van der Waals surface area contributed by atoms with Crippen LogP contribution in [0.1, 0.15) is 12.8 Å². The van der Waals surface area contributed by atoms with Crippen LogP contribution in [0.3, 0.4) is 0 Å². The SMILES string of the molecule is C=C1CC(=C)C(N=C=S)C(=C)C1. The fraction of sp³-hybridized carbons (Fsp3) is 0.300. The van der Waals surface area contributed by atoms with Crippen molar-refractivity contribution in [1.29, 1.82) is 0 Å². The molecule has 0 aliphatic heterocycles. The van der Waals surface area contributed by atoms with Gasteiger partial charge in [-0.25, -0.2) is 4.99 Å². The molecule has 1 nitrogen and oxygen atoms in total. The molecule has 0 saturated heterocycles. The number of rotatable bonds is 1. The predicted molar refractivity (Wildman–Crippen MR) is 55.5 cm³/mol. The molecule has 12 heavy (non-hydrogen) atoms. The lowest BCUT2D eigenvalue weighted by Crippen LogP contribution is -2.16. The molecule has 0 unspecified atom stereocenters. The number of isothiocyanates is 1. The fourth-order valence-electron chi connectivity index (χ4n) is 1.42. The second kappa shape index (κ2) is 3.61. The Balaban J connectivity index is 2.87. The summed E-state index contributed by atoms with van der Waals surface area (Å²) in [6.07, 6.45) is 1.68. The van der Waals surface area contributed by atoms with E-state index >= 15 is 0 Å². The van der Waals surface area contributed by atoms with Crippen LogP contribution >= 0.6 is 12.2 Å². The van der Waals surface area contributed by atoms with Gasteiger partial charge in [-0.3, -0.25) is 0 Å². The van der Waals surface area contributed by atoms with Gasteiger partial charge in [0.15, 0.2) is 0 Å². The Morgan fingerprint density at radius 3 is 2.17 bits per heavy atom. The highest BCUT2D eigenvalue weighted by Gasteiger charge is 2.21. The van der Waals surface area contributed by atoms with E-state index in [1.54, 1.807) is 0 Å². The molecular formula is C10H11NS. The number of thiocarbonyl (C=S) groups is 1. The molecule has 0 atom stereocenters. The first-order valence-electron chi connectivity index (χ1n) is 3.74. The topological polar surface area (TPSA) is 12.4 Å². The van der Waals surface area contributed by atoms with E-state index in [9.17, 15) is 0 Å². The quantitative estimate of drug-likeness (QED) is 0.341. The molecule has 0 amide bonds. The lowest BCUT2D eigenvalue weighted by Gasteiger charge is -2.24. The average Bonchev–Trinajstić information content (AvgIpc) is 1.96. The summed E-state index contributed by atoms with van der Waals surface area (Å²) in [5, 5.41) is 2.37. The molecule has 1 fully saturated rings. The van der Waals surface area contributed by atoms with E-state index in [0.29, 0.717) is 0 Å². The van der Waals surface area contributed by atoms with E-state index in [0.717, 1.165) is 29.6 Å². The highest BCUT2D eigenvalue weighted by molar-refractivity contribution is 7.78. The third kappa shape index (κ3) is 1.79. The molecule has 0 spiro atoms. The molecule has 0 heterocycles. The molecule has 1 aliphatic rings. The summed E-state index contributed by atoms with van der Waals surface area (Å²) < 4.78 is 0. The Morgan fingerprint density at radius 2 is 1.75 bits per heavy atom. The molecule has 1 saturated carbocycles. The van der Waals surface area contributed by atoms with Gasteiger partial charge in [-0.1, -0.05) is 25.3 Å². The smallest absolute Gasteiger partial charge is 0.102 e. The zero-order valence-corrected chi connectivity index (χ0v) is 7.78. The molecule has 0 bridgehead atoms. The zero-order chi connectivity index (χ0) is 9.14. The van der Waals surface area contributed by atoms with Gasteiger partial charge < -0.3 is 0 Å². The van der Waals surface area contributed by atoms with Gasteiger partial charge in [-0.05, 0) is 36.2 Å². The first-order valence-corrected chi connectivity index (χ1v) is 4.15. The Bertz CT molecular complexity index is 275. The molecular weight excluding hydrogens is 166 g/mol. The van der Waals surface area contributed by atoms with Gasteiger partial charge >= 0.3 is 0 Å². The first-order chi connectivity index (χ1) is 5.65. The second-order valence-corrected chi connectivity index (χ2v) is 3.23. The van der Waals surface area contributed by atoms with Crippen molar-refractivity contribution in [3.05, 3.63) is 36.5 Å². The van der Waals surface area contributed by atoms with Crippen LogP contribution in [-0.4, -0.2) is 11.2 Å². The lowest BCUT2D eigenvalue weighted by molar-refractivity contribution is 0.768. The van der Waals surface area contributed by atoms with Crippen molar-refractivity contribution in [3.8, 4) is 0 Å². The second-order valence-electron chi connectivity index (χ2n) is 3.04. The van der Waals surface area contributed by atoms with E-state index in [4.69, 9.17) is 0 Å². The zero-order valence-electron chi connectivity index (χ0n) is 6.97. The molecule has 0 N–H and O–H groups in total. The van der Waals surface area contributed by atoms with Gasteiger partial charge in [0, 0.05) is 0 Å². The maximum Gasteiger partial charge on any atom is 0.102 e. The van der Waals surface area contributed by atoms with Crippen molar-refractivity contribution in [2.75, 3.05) is 0 Å². The van der Waals surface area contributed by atoms with Crippen LogP contribution < -0.4 is 0 Å². The van der Waals surface area contributed by atoms with Crippen LogP contribution in [0.15, 0.2) is 41.4 Å². The summed E-state index contributed by atoms with van der Waals surface area (Å²) in [7, 11) is 0. The largest absolute Gasteiger partial charge is 0.220 e. The monoisotopic (exact) mass is 177 g/mol. The number of allylic oxidation sites excluding steroid dienone is 1. The van der Waals surface area contributed by atoms with Gasteiger partial charge in [0.05, 0.1) is 5.16 Å². The van der Waals surface area contributed by atoms with Gasteiger partial charge in [-0.2, -0.15) is 0 Å². The molecule has 2 heteroatoms. The van der Waals surface area contributed by atoms with Crippen molar-refractivity contribution in [2.45, 2.75) is 18.9 Å². The molecule has 1 aliphatic carbocycles. The Labute approximate surface area is 78.2 Å². The van der Waals surface area contributed by atoms with Crippen LogP contribution in [0.4, 0.5) is 0 Å². The molecule has 1 rings (SSSR count). The normalized spacial score (nSPS) is 19.2. The van der Waals surface area contributed by atoms with Gasteiger partial charge in [-0.15, -0.1) is 0 Å². The Morgan fingerprint density at radius 1 is 1.25 bits per heavy atom. The summed E-state index contributed by atoms with van der Waals surface area (Å²) in [5.41, 5.74) is 3.20. The van der Waals surface area contributed by atoms with Gasteiger partial charge in [0.2, 0.25) is 0 Å². The van der Waals surface area contributed by atoms with Crippen LogP contribution in [-0.2, 0) is 0 Å². The summed E-state index contributed by atoms with van der Waals surface area (Å²) in [4.78, 5) is 4.00. The van der Waals surface area contributed by atoms with E-state index in [2.05, 4.69) is 42.1 Å². The third-order valence-corrected chi connectivity index (χ3v) is 2.01. The van der Waals surface area contributed by atoms with Crippen LogP contribution in [0.2, 0.25) is 0 Å². The van der Waals surface area contributed by atoms with Gasteiger partial charge in [0.1, 0.15) is 6.04 Å². The average molecular weight is 177 g/mol. The molecule has 0 aromatic rings. The molecule has 62 valence electrons. The van der Waals surface area contributed by atoms with Crippen molar-refractivity contribution in [1.82, 2.24) is 0 Å². The first kappa shape index (κ1) is 9.11. The highest BCUT2D eigenvalue weighted by Crippen LogP contribution is 2.31. The van der Waals surface area contributed by atoms with Gasteiger partial charge in [0.25, 0.3) is 0 Å². The number of nitrogens with zero attached hydrogens (tertiary/aromatic N) is 1. The predicted octanol–water partition coefficient (Wildman–Crippen LogP) is 2.92. The lowest BCUT2D eigenvalue weighted by atomic mass is 9.85. The summed E-state index contributed by atoms with van der Waals surface area (Å²) in [6, 6.07) is -0.0204. The minimum absolute atomic E-state index is 0.0204. The van der Waals surface area contributed by atoms with E-state index < -0.39 is 0 Å². The minimum atomic E-state index is -0.0204. The minimum Gasteiger partial charge on any atom is -0.220 e. The van der Waals surface area contributed by atoms with Crippen LogP contribution in [0.5, 0.6) is 0 Å². The molecule has 0 aromatic carbocycles. The maximum atomic E-state index is 4.55. The highest BCUT2D eigenvalue weighted by atomic mass is 32.1. The maximum absolute atomic E-state index is 4.55. The number of aliphatic imine (C=N–C) groups is 1. The van der Waals surface area contributed by atoms with E-state index in [-0.39, 0.29) is 6.04 Å². The fourth-order valence-corrected chi connectivity index (χ4v) is 1.53. The van der Waals surface area contributed by atoms with E-state index in [1.807, 2.05) is 0 Å².